The summed E-state index contributed by atoms with van der Waals surface area (Å²) in [5.74, 6) is 0.679. The van der Waals surface area contributed by atoms with Crippen molar-refractivity contribution in [3.05, 3.63) is 60.7 Å². The molecule has 168 valence electrons. The molecule has 1 aromatic carbocycles. The Hall–Kier alpha value is -3.85. The van der Waals surface area contributed by atoms with E-state index in [0.717, 1.165) is 36.8 Å². The monoisotopic (exact) mass is 444 g/mol. The number of carbonyl (C=O) groups is 1. The molecule has 9 nitrogen and oxygen atoms in total. The highest BCUT2D eigenvalue weighted by Crippen LogP contribution is 2.31. The lowest BCUT2D eigenvalue weighted by atomic mass is 9.93. The van der Waals surface area contributed by atoms with Gasteiger partial charge in [-0.15, -0.1) is 0 Å². The van der Waals surface area contributed by atoms with E-state index in [0.29, 0.717) is 34.3 Å². The number of anilines is 2. The molecule has 0 saturated heterocycles. The average Bonchev–Trinajstić information content (AvgIpc) is 3.40. The van der Waals surface area contributed by atoms with E-state index in [-0.39, 0.29) is 11.9 Å². The highest BCUT2D eigenvalue weighted by molar-refractivity contribution is 6.09. The summed E-state index contributed by atoms with van der Waals surface area (Å²) in [7, 11) is 1.76. The number of hydrogen-bond donors (Lipinski definition) is 2. The van der Waals surface area contributed by atoms with Gasteiger partial charge in [-0.3, -0.25) is 4.79 Å². The molecule has 3 heterocycles. The summed E-state index contributed by atoms with van der Waals surface area (Å²) in [6.45, 7) is 0. The van der Waals surface area contributed by atoms with Crippen molar-refractivity contribution in [2.24, 2.45) is 0 Å². The molecule has 3 aromatic heterocycles. The Bertz CT molecular complexity index is 1240. The molecule has 0 unspecified atom stereocenters. The lowest BCUT2D eigenvalue weighted by Gasteiger charge is -2.28. The third-order valence-corrected chi connectivity index (χ3v) is 5.97. The van der Waals surface area contributed by atoms with Gasteiger partial charge in [-0.05, 0) is 37.8 Å². The molecule has 0 radical (unpaired) electrons. The summed E-state index contributed by atoms with van der Waals surface area (Å²) in [6, 6.07) is 9.28. The minimum Gasteiger partial charge on any atom is -0.381 e. The van der Waals surface area contributed by atoms with Crippen molar-refractivity contribution in [2.45, 2.75) is 37.8 Å². The van der Waals surface area contributed by atoms with Gasteiger partial charge in [-0.1, -0.05) is 23.4 Å². The molecule has 1 aliphatic rings. The molecule has 0 spiro atoms. The second-order valence-corrected chi connectivity index (χ2v) is 8.06. The maximum absolute atomic E-state index is 12.7. The predicted molar refractivity (Wildman–Crippen MR) is 124 cm³/mol. The average molecular weight is 444 g/mol. The SMILES string of the molecule is COC1CCC(Nc2ncc3c(NC(=O)c4ccccc4)ncc(-c4cnoc4)c3n2)CC1. The number of hydrogen-bond acceptors (Lipinski definition) is 8. The van der Waals surface area contributed by atoms with E-state index in [9.17, 15) is 4.79 Å². The second-order valence-electron chi connectivity index (χ2n) is 8.06. The maximum atomic E-state index is 12.7. The summed E-state index contributed by atoms with van der Waals surface area (Å²) in [5.41, 5.74) is 2.69. The Balaban J connectivity index is 1.47. The van der Waals surface area contributed by atoms with Crippen LogP contribution in [0, 0.1) is 0 Å². The zero-order valence-electron chi connectivity index (χ0n) is 18.2. The number of carbonyl (C=O) groups excluding carboxylic acids is 1. The van der Waals surface area contributed by atoms with Crippen LogP contribution in [0.15, 0.2) is 59.7 Å². The second kappa shape index (κ2) is 9.33. The minimum absolute atomic E-state index is 0.251. The largest absolute Gasteiger partial charge is 0.381 e. The molecule has 1 fully saturated rings. The van der Waals surface area contributed by atoms with Crippen LogP contribution in [0.1, 0.15) is 36.0 Å². The lowest BCUT2D eigenvalue weighted by molar-refractivity contribution is 0.0681. The summed E-state index contributed by atoms with van der Waals surface area (Å²) < 4.78 is 10.5. The first kappa shape index (κ1) is 21.0. The van der Waals surface area contributed by atoms with E-state index in [2.05, 4.69) is 25.8 Å². The first-order valence-corrected chi connectivity index (χ1v) is 10.9. The van der Waals surface area contributed by atoms with E-state index in [1.165, 1.54) is 0 Å². The number of nitrogens with zero attached hydrogens (tertiary/aromatic N) is 4. The molecule has 5 rings (SSSR count). The number of fused-ring (bicyclic) bond motifs is 1. The highest BCUT2D eigenvalue weighted by Gasteiger charge is 2.22. The van der Waals surface area contributed by atoms with Crippen LogP contribution < -0.4 is 10.6 Å². The van der Waals surface area contributed by atoms with Gasteiger partial charge in [0, 0.05) is 42.2 Å². The third-order valence-electron chi connectivity index (χ3n) is 5.97. The van der Waals surface area contributed by atoms with Crippen molar-refractivity contribution < 1.29 is 14.1 Å². The smallest absolute Gasteiger partial charge is 0.256 e. The number of pyridine rings is 1. The molecule has 1 aliphatic carbocycles. The maximum Gasteiger partial charge on any atom is 0.256 e. The fraction of sp³-hybridized carbons (Fsp3) is 0.292. The topological polar surface area (TPSA) is 115 Å². The van der Waals surface area contributed by atoms with Crippen molar-refractivity contribution in [1.29, 1.82) is 0 Å². The van der Waals surface area contributed by atoms with Crippen LogP contribution in [-0.2, 0) is 4.74 Å². The standard InChI is InChI=1S/C24H24N6O3/c1-32-18-9-7-17(8-10-18)28-24-26-13-20-21(29-24)19(16-11-27-33-14-16)12-25-22(20)30-23(31)15-5-3-2-4-6-15/h2-6,11-14,17-18H,7-10H2,1H3,(H,25,30,31)(H,26,28,29). The van der Waals surface area contributed by atoms with Crippen LogP contribution >= 0.6 is 0 Å². The van der Waals surface area contributed by atoms with Crippen LogP contribution in [0.5, 0.6) is 0 Å². The Morgan fingerprint density at radius 3 is 2.61 bits per heavy atom. The van der Waals surface area contributed by atoms with Crippen molar-refractivity contribution in [3.8, 4) is 11.1 Å². The van der Waals surface area contributed by atoms with Gasteiger partial charge in [-0.2, -0.15) is 0 Å². The van der Waals surface area contributed by atoms with Crippen molar-refractivity contribution >= 4 is 28.6 Å². The fourth-order valence-corrected chi connectivity index (χ4v) is 4.13. The van der Waals surface area contributed by atoms with Crippen LogP contribution in [0.3, 0.4) is 0 Å². The van der Waals surface area contributed by atoms with Gasteiger partial charge in [0.25, 0.3) is 5.91 Å². The normalized spacial score (nSPS) is 18.2. The summed E-state index contributed by atoms with van der Waals surface area (Å²) in [6.07, 6.45) is 10.8. The Morgan fingerprint density at radius 1 is 1.06 bits per heavy atom. The number of aromatic nitrogens is 4. The molecule has 0 bridgehead atoms. The molecular weight excluding hydrogens is 420 g/mol. The third kappa shape index (κ3) is 4.54. The molecule has 1 amide bonds. The van der Waals surface area contributed by atoms with Crippen molar-refractivity contribution in [3.63, 3.8) is 0 Å². The first-order chi connectivity index (χ1) is 16.2. The predicted octanol–water partition coefficient (Wildman–Crippen LogP) is 4.30. The van der Waals surface area contributed by atoms with Crippen LogP contribution in [-0.4, -0.2) is 45.3 Å². The molecule has 0 atom stereocenters. The number of benzene rings is 1. The fourth-order valence-electron chi connectivity index (χ4n) is 4.13. The summed E-state index contributed by atoms with van der Waals surface area (Å²) in [5, 5.41) is 10.8. The van der Waals surface area contributed by atoms with Gasteiger partial charge in [0.05, 0.1) is 23.2 Å². The molecular formula is C24H24N6O3. The number of amides is 1. The molecule has 1 saturated carbocycles. The van der Waals surface area contributed by atoms with Crippen LogP contribution in [0.4, 0.5) is 11.8 Å². The van der Waals surface area contributed by atoms with Gasteiger partial charge in [0.1, 0.15) is 12.1 Å². The minimum atomic E-state index is -0.251. The van der Waals surface area contributed by atoms with E-state index >= 15 is 0 Å². The van der Waals surface area contributed by atoms with E-state index in [1.807, 2.05) is 18.2 Å². The highest BCUT2D eigenvalue weighted by atomic mass is 16.5. The Morgan fingerprint density at radius 2 is 1.88 bits per heavy atom. The molecule has 33 heavy (non-hydrogen) atoms. The quantitative estimate of drug-likeness (QED) is 0.452. The van der Waals surface area contributed by atoms with Crippen LogP contribution in [0.2, 0.25) is 0 Å². The van der Waals surface area contributed by atoms with Crippen molar-refractivity contribution in [1.82, 2.24) is 20.1 Å². The Labute approximate surface area is 190 Å². The van der Waals surface area contributed by atoms with E-state index in [4.69, 9.17) is 14.2 Å². The van der Waals surface area contributed by atoms with Gasteiger partial charge < -0.3 is 19.9 Å². The molecule has 2 N–H and O–H groups in total. The number of methoxy groups -OCH3 is 1. The first-order valence-electron chi connectivity index (χ1n) is 10.9. The van der Waals surface area contributed by atoms with Crippen molar-refractivity contribution in [2.75, 3.05) is 17.7 Å². The van der Waals surface area contributed by atoms with Crippen LogP contribution in [0.25, 0.3) is 22.0 Å². The van der Waals surface area contributed by atoms with Gasteiger partial charge >= 0.3 is 0 Å². The number of rotatable bonds is 6. The van der Waals surface area contributed by atoms with Gasteiger partial charge in [0.15, 0.2) is 0 Å². The van der Waals surface area contributed by atoms with E-state index in [1.54, 1.807) is 44.1 Å². The van der Waals surface area contributed by atoms with Gasteiger partial charge in [0.2, 0.25) is 5.95 Å². The zero-order valence-corrected chi connectivity index (χ0v) is 18.2. The van der Waals surface area contributed by atoms with Gasteiger partial charge in [-0.25, -0.2) is 15.0 Å². The zero-order chi connectivity index (χ0) is 22.6. The lowest BCUT2D eigenvalue weighted by Crippen LogP contribution is -2.29. The molecule has 0 aliphatic heterocycles. The summed E-state index contributed by atoms with van der Waals surface area (Å²) in [4.78, 5) is 26.5. The number of nitrogens with one attached hydrogen (secondary N) is 2. The van der Waals surface area contributed by atoms with E-state index < -0.39 is 0 Å². The molecule has 9 heteroatoms. The molecule has 4 aromatic rings. The number of ether oxygens (including phenoxy) is 1. The summed E-state index contributed by atoms with van der Waals surface area (Å²) >= 11 is 0. The Kier molecular flexibility index (Phi) is 5.95.